The molecule has 5 N–H and O–H groups in total. The number of phosphoric acid groups is 1. The van der Waals surface area contributed by atoms with Gasteiger partial charge in [-0.2, -0.15) is 0 Å². The van der Waals surface area contributed by atoms with Crippen LogP contribution < -0.4 is 10.6 Å². The van der Waals surface area contributed by atoms with Gasteiger partial charge in [0.25, 0.3) is 0 Å². The number of ether oxygens (including phenoxy) is 1. The van der Waals surface area contributed by atoms with Gasteiger partial charge in [0.15, 0.2) is 0 Å². The lowest BCUT2D eigenvalue weighted by molar-refractivity contribution is 0.128. The molecule has 0 aliphatic carbocycles. The summed E-state index contributed by atoms with van der Waals surface area (Å²) in [4.78, 5) is 47.9. The fourth-order valence-corrected chi connectivity index (χ4v) is 3.80. The number of pyridine rings is 1. The van der Waals surface area contributed by atoms with Gasteiger partial charge in [0.1, 0.15) is 36.4 Å². The zero-order chi connectivity index (χ0) is 29.4. The van der Waals surface area contributed by atoms with Crippen molar-refractivity contribution in [3.8, 4) is 0 Å². The highest BCUT2D eigenvalue weighted by atomic mass is 35.5. The summed E-state index contributed by atoms with van der Waals surface area (Å²) in [6.45, 7) is -1.61. The van der Waals surface area contributed by atoms with E-state index in [9.17, 15) is 28.0 Å². The molecule has 0 saturated heterocycles. The Morgan fingerprint density at radius 2 is 1.95 bits per heavy atom. The molecule has 3 amide bonds. The topological polar surface area (TPSA) is 171 Å². The number of nitrogens with zero attached hydrogens (tertiary/aromatic N) is 2. The molecular weight excluding hydrogens is 577 g/mol. The number of rotatable bonds is 10. The van der Waals surface area contributed by atoms with Crippen molar-refractivity contribution in [2.24, 2.45) is 0 Å². The molecule has 1 atom stereocenters. The quantitative estimate of drug-likeness (QED) is 0.166. The van der Waals surface area contributed by atoms with Gasteiger partial charge in [-0.25, -0.2) is 27.9 Å². The van der Waals surface area contributed by atoms with Crippen LogP contribution in [0.5, 0.6) is 0 Å². The van der Waals surface area contributed by atoms with Gasteiger partial charge >= 0.3 is 19.9 Å². The van der Waals surface area contributed by atoms with Crippen molar-refractivity contribution in [2.45, 2.75) is 12.6 Å². The molecule has 12 nitrogen and oxygen atoms in total. The third kappa shape index (κ3) is 9.14. The van der Waals surface area contributed by atoms with Crippen LogP contribution in [0.25, 0.3) is 10.8 Å². The summed E-state index contributed by atoms with van der Waals surface area (Å²) < 4.78 is 47.5. The second-order valence-electron chi connectivity index (χ2n) is 8.26. The minimum Gasteiger partial charge on any atom is -0.510 e. The van der Waals surface area contributed by atoms with Crippen LogP contribution in [0.4, 0.5) is 24.2 Å². The lowest BCUT2D eigenvalue weighted by atomic mass is 10.2. The van der Waals surface area contributed by atoms with Gasteiger partial charge in [-0.15, -0.1) is 0 Å². The summed E-state index contributed by atoms with van der Waals surface area (Å²) in [5, 5.41) is 15.9. The maximum atomic E-state index is 13.7. The summed E-state index contributed by atoms with van der Waals surface area (Å²) in [7, 11) is -3.63. The molecule has 0 unspecified atom stereocenters. The highest BCUT2D eigenvalue weighted by Gasteiger charge is 2.23. The molecular formula is C24H24ClF2N4O8P. The number of aliphatic hydroxyl groups excluding tert-OH is 1. The Hall–Kier alpha value is -3.81. The van der Waals surface area contributed by atoms with Crippen molar-refractivity contribution in [3.63, 3.8) is 0 Å². The Morgan fingerprint density at radius 3 is 2.67 bits per heavy atom. The van der Waals surface area contributed by atoms with E-state index in [4.69, 9.17) is 26.1 Å². The Bertz CT molecular complexity index is 1470. The van der Waals surface area contributed by atoms with Gasteiger partial charge in [0, 0.05) is 25.2 Å². The number of carbonyl (C=O) groups excluding carboxylic acids is 2. The number of hydrogen-bond acceptors (Lipinski definition) is 7. The number of hydrogen-bond donors (Lipinski definition) is 5. The van der Waals surface area contributed by atoms with Crippen LogP contribution in [0.15, 0.2) is 60.5 Å². The minimum absolute atomic E-state index is 0.0474. The van der Waals surface area contributed by atoms with Crippen LogP contribution in [0.3, 0.4) is 0 Å². The predicted molar refractivity (Wildman–Crippen MR) is 141 cm³/mol. The highest BCUT2D eigenvalue weighted by Crippen LogP contribution is 2.36. The number of halogens is 3. The number of aliphatic hydroxyl groups is 1. The number of aromatic nitrogens is 1. The molecule has 0 aliphatic heterocycles. The number of nitrogens with one attached hydrogen (secondary N) is 2. The van der Waals surface area contributed by atoms with Crippen molar-refractivity contribution in [3.05, 3.63) is 82.7 Å². The maximum absolute atomic E-state index is 13.7. The lowest BCUT2D eigenvalue weighted by Gasteiger charge is -2.26. The van der Waals surface area contributed by atoms with Gasteiger partial charge < -0.3 is 29.8 Å². The van der Waals surface area contributed by atoms with E-state index in [1.165, 1.54) is 49.6 Å². The van der Waals surface area contributed by atoms with Crippen LogP contribution in [0.1, 0.15) is 5.56 Å². The average Bonchev–Trinajstić information content (AvgIpc) is 2.89. The molecule has 0 bridgehead atoms. The van der Waals surface area contributed by atoms with Crippen LogP contribution in [0.2, 0.25) is 5.02 Å². The first kappa shape index (κ1) is 30.7. The second kappa shape index (κ2) is 13.5. The lowest BCUT2D eigenvalue weighted by Crippen LogP contribution is -2.45. The largest absolute Gasteiger partial charge is 0.510 e. The van der Waals surface area contributed by atoms with Gasteiger partial charge in [0.05, 0.1) is 11.1 Å². The molecule has 16 heteroatoms. The van der Waals surface area contributed by atoms with Gasteiger partial charge in [-0.05, 0) is 47.4 Å². The number of phosphoric ester groups is 1. The van der Waals surface area contributed by atoms with Crippen LogP contribution in [-0.4, -0.2) is 63.2 Å². The van der Waals surface area contributed by atoms with E-state index >= 15 is 0 Å². The monoisotopic (exact) mass is 600 g/mol. The first-order valence-corrected chi connectivity index (χ1v) is 13.3. The third-order valence-electron chi connectivity index (χ3n) is 5.34. The van der Waals surface area contributed by atoms with E-state index in [0.717, 1.165) is 17.0 Å². The summed E-state index contributed by atoms with van der Waals surface area (Å²) in [5.74, 6) is -1.79. The molecule has 214 valence electrons. The number of anilines is 1. The molecule has 0 fully saturated rings. The number of benzene rings is 2. The number of fused-ring (bicyclic) bond motifs is 1. The van der Waals surface area contributed by atoms with Crippen molar-refractivity contribution in [2.75, 3.05) is 25.6 Å². The van der Waals surface area contributed by atoms with Crippen LogP contribution >= 0.6 is 19.4 Å². The number of amides is 3. The Kier molecular flexibility index (Phi) is 10.4. The van der Waals surface area contributed by atoms with E-state index in [1.54, 1.807) is 0 Å². The van der Waals surface area contributed by atoms with E-state index in [-0.39, 0.29) is 22.9 Å². The molecule has 1 heterocycles. The minimum atomic E-state index is -4.91. The standard InChI is InChI=1S/C24H24ClF2N4O8P/c1-31(23(33)29-11-15-3-2-4-20(27)22(15)25)18(9-19(32)13-39-40(35,36)37)12-38-24(34)30-21-8-16-7-17(26)6-5-14(16)10-28-21/h2-10,18,32H,11-13H2,1H3,(H,29,33)(H,28,30,34)(H2,35,36,37)/b19-9-/t18-/m0/s1. The van der Waals surface area contributed by atoms with Crippen LogP contribution in [0, 0.1) is 11.6 Å². The fourth-order valence-electron chi connectivity index (χ4n) is 3.31. The highest BCUT2D eigenvalue weighted by molar-refractivity contribution is 7.46. The van der Waals surface area contributed by atoms with E-state index in [1.807, 2.05) is 0 Å². The van der Waals surface area contributed by atoms with E-state index in [2.05, 4.69) is 20.1 Å². The Balaban J connectivity index is 1.69. The van der Waals surface area contributed by atoms with Crippen molar-refractivity contribution < 1.29 is 47.1 Å². The van der Waals surface area contributed by atoms with E-state index in [0.29, 0.717) is 10.8 Å². The first-order chi connectivity index (χ1) is 18.8. The molecule has 3 aromatic rings. The normalized spacial score (nSPS) is 12.6. The Morgan fingerprint density at radius 1 is 1.20 bits per heavy atom. The molecule has 0 radical (unpaired) electrons. The summed E-state index contributed by atoms with van der Waals surface area (Å²) in [6.07, 6.45) is 1.39. The average molecular weight is 601 g/mol. The van der Waals surface area contributed by atoms with Gasteiger partial charge in [-0.1, -0.05) is 23.7 Å². The molecule has 3 rings (SSSR count). The Labute approximate surface area is 231 Å². The summed E-state index contributed by atoms with van der Waals surface area (Å²) in [5.41, 5.74) is 0.284. The van der Waals surface area contributed by atoms with E-state index < -0.39 is 56.6 Å². The zero-order valence-corrected chi connectivity index (χ0v) is 22.4. The molecule has 2 aromatic carbocycles. The van der Waals surface area contributed by atoms with Gasteiger partial charge in [-0.3, -0.25) is 9.84 Å². The zero-order valence-electron chi connectivity index (χ0n) is 20.8. The molecule has 40 heavy (non-hydrogen) atoms. The van der Waals surface area contributed by atoms with Crippen molar-refractivity contribution in [1.82, 2.24) is 15.2 Å². The number of carbonyl (C=O) groups is 2. The third-order valence-corrected chi connectivity index (χ3v) is 6.23. The maximum Gasteiger partial charge on any atom is 0.470 e. The second-order valence-corrected chi connectivity index (χ2v) is 9.87. The van der Waals surface area contributed by atoms with Gasteiger partial charge in [0.2, 0.25) is 0 Å². The fraction of sp³-hybridized carbons (Fsp3) is 0.208. The summed E-state index contributed by atoms with van der Waals surface area (Å²) >= 11 is 5.90. The predicted octanol–water partition coefficient (Wildman–Crippen LogP) is 4.48. The molecule has 0 spiro atoms. The van der Waals surface area contributed by atoms with Crippen molar-refractivity contribution >= 4 is 48.1 Å². The van der Waals surface area contributed by atoms with Crippen LogP contribution in [-0.2, 0) is 20.4 Å². The van der Waals surface area contributed by atoms with Crippen molar-refractivity contribution in [1.29, 1.82) is 0 Å². The molecule has 0 aliphatic rings. The number of likely N-dealkylation sites (N-methyl/N-ethyl adjacent to an activating group) is 1. The first-order valence-electron chi connectivity index (χ1n) is 11.3. The molecule has 1 aromatic heterocycles. The summed E-state index contributed by atoms with van der Waals surface area (Å²) in [6, 6.07) is 7.57. The molecule has 0 saturated carbocycles. The number of urea groups is 1. The SMILES string of the molecule is CN(C(=O)NCc1cccc(F)c1Cl)[C@@H](/C=C(\O)COP(=O)(O)O)COC(=O)Nc1cc2cc(F)ccc2cn1. The smallest absolute Gasteiger partial charge is 0.470 e.